The highest BCUT2D eigenvalue weighted by molar-refractivity contribution is 6.36. The number of amidine groups is 1. The second kappa shape index (κ2) is 9.51. The predicted octanol–water partition coefficient (Wildman–Crippen LogP) is 2.66. The van der Waals surface area contributed by atoms with Crippen molar-refractivity contribution in [1.82, 2.24) is 4.90 Å². The lowest BCUT2D eigenvalue weighted by Crippen LogP contribution is -2.46. The molecule has 7 nitrogen and oxygen atoms in total. The zero-order valence-corrected chi connectivity index (χ0v) is 18.2. The Hall–Kier alpha value is -1.87. The van der Waals surface area contributed by atoms with Crippen molar-refractivity contribution in [3.8, 4) is 0 Å². The van der Waals surface area contributed by atoms with E-state index in [1.165, 1.54) is 12.1 Å². The van der Waals surface area contributed by atoms with Crippen molar-refractivity contribution in [3.63, 3.8) is 0 Å². The first kappa shape index (κ1) is 22.8. The van der Waals surface area contributed by atoms with Crippen molar-refractivity contribution >= 4 is 34.9 Å². The SMILES string of the molecule is CC(OC1=CC(CCN2CCOCC2)(C(N)=O)CN=C1N)c1c(Cl)ccc(F)c1Cl. The number of dihydropyridines is 1. The molecule has 2 atom stereocenters. The number of benzene rings is 1. The van der Waals surface area contributed by atoms with Crippen LogP contribution in [0, 0.1) is 11.2 Å². The minimum Gasteiger partial charge on any atom is -0.482 e. The van der Waals surface area contributed by atoms with Gasteiger partial charge in [-0.2, -0.15) is 0 Å². The molecule has 3 rings (SSSR count). The first-order valence-corrected chi connectivity index (χ1v) is 10.4. The van der Waals surface area contributed by atoms with Crippen LogP contribution in [0.3, 0.4) is 0 Å². The van der Waals surface area contributed by atoms with Gasteiger partial charge in [-0.3, -0.25) is 14.7 Å². The number of amides is 1. The quantitative estimate of drug-likeness (QED) is 0.611. The van der Waals surface area contributed by atoms with Crippen LogP contribution in [0.2, 0.25) is 10.0 Å². The van der Waals surface area contributed by atoms with Crippen molar-refractivity contribution in [2.45, 2.75) is 19.4 Å². The zero-order valence-electron chi connectivity index (χ0n) is 16.7. The maximum atomic E-state index is 13.9. The van der Waals surface area contributed by atoms with Crippen LogP contribution in [0.4, 0.5) is 4.39 Å². The van der Waals surface area contributed by atoms with Gasteiger partial charge in [0.05, 0.1) is 30.2 Å². The highest BCUT2D eigenvalue weighted by atomic mass is 35.5. The number of hydrogen-bond acceptors (Lipinski definition) is 6. The van der Waals surface area contributed by atoms with Crippen LogP contribution in [0.15, 0.2) is 29.0 Å². The third kappa shape index (κ3) is 4.88. The first-order chi connectivity index (χ1) is 14.2. The minimum atomic E-state index is -1.04. The Labute approximate surface area is 184 Å². The summed E-state index contributed by atoms with van der Waals surface area (Å²) in [5.74, 6) is -0.787. The van der Waals surface area contributed by atoms with Crippen molar-refractivity contribution < 1.29 is 18.7 Å². The number of morpholine rings is 1. The number of ether oxygens (including phenoxy) is 2. The lowest BCUT2D eigenvalue weighted by Gasteiger charge is -2.34. The average molecular weight is 459 g/mol. The van der Waals surface area contributed by atoms with Crippen molar-refractivity contribution in [2.75, 3.05) is 39.4 Å². The van der Waals surface area contributed by atoms with Crippen molar-refractivity contribution in [1.29, 1.82) is 0 Å². The monoisotopic (exact) mass is 458 g/mol. The fourth-order valence-electron chi connectivity index (χ4n) is 3.54. The second-order valence-corrected chi connectivity index (χ2v) is 8.24. The van der Waals surface area contributed by atoms with E-state index in [2.05, 4.69) is 9.89 Å². The molecule has 2 unspecified atom stereocenters. The van der Waals surface area contributed by atoms with Gasteiger partial charge in [-0.1, -0.05) is 23.2 Å². The molecule has 4 N–H and O–H groups in total. The van der Waals surface area contributed by atoms with E-state index in [4.69, 9.17) is 44.1 Å². The van der Waals surface area contributed by atoms with E-state index in [1.54, 1.807) is 13.0 Å². The van der Waals surface area contributed by atoms with E-state index in [-0.39, 0.29) is 33.7 Å². The summed E-state index contributed by atoms with van der Waals surface area (Å²) >= 11 is 12.3. The standard InChI is InChI=1S/C20H25Cl2FN4O3/c1-12(16-13(21)2-3-14(23)17(16)22)30-15-10-20(19(25)28,11-26-18(15)24)4-5-27-6-8-29-9-7-27/h2-3,10,12H,4-9,11H2,1H3,(H2,24,26)(H2,25,28). The van der Waals surface area contributed by atoms with Gasteiger partial charge in [0.25, 0.3) is 0 Å². The normalized spacial score (nSPS) is 23.5. The Morgan fingerprint density at radius 1 is 1.40 bits per heavy atom. The largest absolute Gasteiger partial charge is 0.482 e. The fraction of sp³-hybridized carbons (Fsp3) is 0.500. The predicted molar refractivity (Wildman–Crippen MR) is 114 cm³/mol. The molecule has 0 aliphatic carbocycles. The van der Waals surface area contributed by atoms with Gasteiger partial charge in [-0.15, -0.1) is 0 Å². The summed E-state index contributed by atoms with van der Waals surface area (Å²) in [6, 6.07) is 2.58. The molecule has 0 saturated carbocycles. The maximum Gasteiger partial charge on any atom is 0.229 e. The third-order valence-electron chi connectivity index (χ3n) is 5.45. The van der Waals surface area contributed by atoms with Crippen LogP contribution in [-0.4, -0.2) is 56.0 Å². The molecular formula is C20H25Cl2FN4O3. The summed E-state index contributed by atoms with van der Waals surface area (Å²) in [5.41, 5.74) is 11.0. The summed E-state index contributed by atoms with van der Waals surface area (Å²) in [6.45, 7) is 5.36. The summed E-state index contributed by atoms with van der Waals surface area (Å²) in [5, 5.41) is 0.129. The van der Waals surface area contributed by atoms with E-state index in [1.807, 2.05) is 0 Å². The molecule has 2 heterocycles. The smallest absolute Gasteiger partial charge is 0.229 e. The molecule has 0 aromatic heterocycles. The molecule has 1 aromatic carbocycles. The molecule has 2 aliphatic heterocycles. The van der Waals surface area contributed by atoms with Gasteiger partial charge < -0.3 is 20.9 Å². The Morgan fingerprint density at radius 3 is 2.77 bits per heavy atom. The molecule has 2 aliphatic rings. The van der Waals surface area contributed by atoms with Crippen molar-refractivity contribution in [2.24, 2.45) is 21.9 Å². The van der Waals surface area contributed by atoms with Crippen LogP contribution >= 0.6 is 23.2 Å². The van der Waals surface area contributed by atoms with Gasteiger partial charge >= 0.3 is 0 Å². The maximum absolute atomic E-state index is 13.9. The number of aliphatic imine (C=N–C) groups is 1. The second-order valence-electron chi connectivity index (χ2n) is 7.45. The average Bonchev–Trinajstić information content (AvgIpc) is 2.72. The van der Waals surface area contributed by atoms with Gasteiger partial charge in [-0.05, 0) is 38.1 Å². The van der Waals surface area contributed by atoms with Crippen LogP contribution < -0.4 is 11.5 Å². The molecule has 0 spiro atoms. The number of carbonyl (C=O) groups is 1. The summed E-state index contributed by atoms with van der Waals surface area (Å²) in [6.07, 6.45) is 1.35. The fourth-order valence-corrected chi connectivity index (χ4v) is 4.22. The van der Waals surface area contributed by atoms with E-state index < -0.39 is 23.2 Å². The molecule has 1 aromatic rings. The Balaban J connectivity index is 1.82. The summed E-state index contributed by atoms with van der Waals surface area (Å²) in [7, 11) is 0. The van der Waals surface area contributed by atoms with E-state index in [0.29, 0.717) is 26.2 Å². The Morgan fingerprint density at radius 2 is 2.10 bits per heavy atom. The van der Waals surface area contributed by atoms with Gasteiger partial charge in [0, 0.05) is 23.7 Å². The molecule has 10 heteroatoms. The summed E-state index contributed by atoms with van der Waals surface area (Å²) < 4.78 is 25.2. The zero-order chi connectivity index (χ0) is 21.9. The van der Waals surface area contributed by atoms with E-state index in [9.17, 15) is 9.18 Å². The molecule has 164 valence electrons. The van der Waals surface area contributed by atoms with Crippen LogP contribution in [-0.2, 0) is 14.3 Å². The minimum absolute atomic E-state index is 0.129. The van der Waals surface area contributed by atoms with Gasteiger partial charge in [0.2, 0.25) is 5.91 Å². The lowest BCUT2D eigenvalue weighted by atomic mass is 9.81. The number of nitrogens with zero attached hydrogens (tertiary/aromatic N) is 2. The van der Waals surface area contributed by atoms with Crippen LogP contribution in [0.25, 0.3) is 0 Å². The van der Waals surface area contributed by atoms with Crippen molar-refractivity contribution in [3.05, 3.63) is 45.4 Å². The topological polar surface area (TPSA) is 103 Å². The van der Waals surface area contributed by atoms with E-state index >= 15 is 0 Å². The highest BCUT2D eigenvalue weighted by Gasteiger charge is 2.39. The number of primary amides is 1. The lowest BCUT2D eigenvalue weighted by molar-refractivity contribution is -0.125. The molecule has 0 bridgehead atoms. The van der Waals surface area contributed by atoms with E-state index in [0.717, 1.165) is 13.1 Å². The molecule has 1 saturated heterocycles. The number of halogens is 3. The number of rotatable bonds is 7. The first-order valence-electron chi connectivity index (χ1n) is 9.67. The van der Waals surface area contributed by atoms with Gasteiger partial charge in [-0.25, -0.2) is 4.39 Å². The highest BCUT2D eigenvalue weighted by Crippen LogP contribution is 2.37. The van der Waals surface area contributed by atoms with Gasteiger partial charge in [0.1, 0.15) is 11.9 Å². The number of nitrogens with two attached hydrogens (primary N) is 2. The van der Waals surface area contributed by atoms with Gasteiger partial charge in [0.15, 0.2) is 11.6 Å². The Bertz CT molecular complexity index is 874. The molecule has 1 fully saturated rings. The number of carbonyl (C=O) groups excluding carboxylic acids is 1. The number of hydrogen-bond donors (Lipinski definition) is 2. The molecule has 30 heavy (non-hydrogen) atoms. The van der Waals surface area contributed by atoms with Crippen LogP contribution in [0.1, 0.15) is 25.0 Å². The third-order valence-corrected chi connectivity index (χ3v) is 6.16. The summed E-state index contributed by atoms with van der Waals surface area (Å²) in [4.78, 5) is 18.9. The van der Waals surface area contributed by atoms with Crippen LogP contribution in [0.5, 0.6) is 0 Å². The molecule has 1 amide bonds. The molecule has 0 radical (unpaired) electrons. The molecular weight excluding hydrogens is 434 g/mol. The Kier molecular flexibility index (Phi) is 7.23.